The third-order valence-corrected chi connectivity index (χ3v) is 12.0. The van der Waals surface area contributed by atoms with Crippen LogP contribution in [0.15, 0.2) is 152 Å². The second kappa shape index (κ2) is 15.3. The molecule has 298 valence electrons. The molecule has 9 rings (SSSR count). The summed E-state index contributed by atoms with van der Waals surface area (Å²) in [5.41, 5.74) is 16.0. The number of aromatic nitrogens is 3. The lowest BCUT2D eigenvalue weighted by molar-refractivity contribution is 0.569. The van der Waals surface area contributed by atoms with Gasteiger partial charge in [0.05, 0.1) is 22.6 Å². The van der Waals surface area contributed by atoms with Gasteiger partial charge in [-0.15, -0.1) is 0 Å². The maximum Gasteiger partial charge on any atom is 0.137 e. The molecule has 4 nitrogen and oxygen atoms in total. The van der Waals surface area contributed by atoms with Gasteiger partial charge in [-0.05, 0) is 129 Å². The molecule has 1 N–H and O–H groups in total. The Labute approximate surface area is 355 Å². The summed E-state index contributed by atoms with van der Waals surface area (Å²) in [5, 5.41) is 4.86. The first-order valence-electron chi connectivity index (χ1n) is 21.4. The first-order chi connectivity index (χ1) is 28.9. The number of benzene rings is 6. The Hall–Kier alpha value is -6.52. The van der Waals surface area contributed by atoms with E-state index in [0.717, 1.165) is 74.5 Å². The van der Waals surface area contributed by atoms with E-state index >= 15 is 0 Å². The molecule has 3 heterocycles. The van der Waals surface area contributed by atoms with Crippen molar-refractivity contribution in [3.05, 3.63) is 174 Å². The molecule has 4 heteroatoms. The fraction of sp³-hybridized carbons (Fsp3) is 0.214. The predicted molar refractivity (Wildman–Crippen MR) is 256 cm³/mol. The van der Waals surface area contributed by atoms with E-state index in [0.29, 0.717) is 0 Å². The van der Waals surface area contributed by atoms with Crippen LogP contribution >= 0.6 is 0 Å². The summed E-state index contributed by atoms with van der Waals surface area (Å²) in [6.07, 6.45) is 3.79. The molecule has 0 aliphatic carbocycles. The van der Waals surface area contributed by atoms with Crippen LogP contribution in [0.25, 0.3) is 66.2 Å². The zero-order chi connectivity index (χ0) is 41.8. The summed E-state index contributed by atoms with van der Waals surface area (Å²) >= 11 is 0. The van der Waals surface area contributed by atoms with Crippen LogP contribution in [0.3, 0.4) is 0 Å². The predicted octanol–water partition coefficient (Wildman–Crippen LogP) is 15.5. The third-order valence-electron chi connectivity index (χ3n) is 12.0. The Balaban J connectivity index is 1.30. The zero-order valence-electron chi connectivity index (χ0n) is 36.2. The van der Waals surface area contributed by atoms with Crippen molar-refractivity contribution >= 4 is 49.8 Å². The monoisotopic (exact) mass is 782 g/mol. The quantitative estimate of drug-likeness (QED) is 0.167. The Morgan fingerprint density at radius 1 is 0.533 bits per heavy atom. The number of fused-ring (bicyclic) bond motifs is 4. The minimum Gasteiger partial charge on any atom is -0.354 e. The van der Waals surface area contributed by atoms with Crippen LogP contribution in [0, 0.1) is 0 Å². The van der Waals surface area contributed by atoms with E-state index in [1.165, 1.54) is 44.0 Å². The van der Waals surface area contributed by atoms with Crippen LogP contribution in [0.1, 0.15) is 77.6 Å². The highest BCUT2D eigenvalue weighted by molar-refractivity contribution is 6.12. The summed E-state index contributed by atoms with van der Waals surface area (Å²) in [7, 11) is 0. The molecule has 0 radical (unpaired) electrons. The SMILES string of the molecule is CCc1ccc2[nH]c3c(-c4cc(-c5cc(C(C)(C)C)cc(C(C)(C)C)c5)cc(-c5cccc(N(c6ccccn6)c6cccc7ccccc67)c5)n4)cc(CC)cc3c2c1. The number of nitrogens with zero attached hydrogens (tertiary/aromatic N) is 3. The van der Waals surface area contributed by atoms with E-state index in [4.69, 9.17) is 9.97 Å². The Morgan fingerprint density at radius 3 is 1.95 bits per heavy atom. The second-order valence-electron chi connectivity index (χ2n) is 18.3. The highest BCUT2D eigenvalue weighted by Gasteiger charge is 2.23. The van der Waals surface area contributed by atoms with Gasteiger partial charge < -0.3 is 4.98 Å². The van der Waals surface area contributed by atoms with Crippen molar-refractivity contribution in [1.82, 2.24) is 15.0 Å². The molecule has 0 saturated carbocycles. The van der Waals surface area contributed by atoms with Crippen LogP contribution in [-0.4, -0.2) is 15.0 Å². The number of aromatic amines is 1. The number of nitrogens with one attached hydrogen (secondary N) is 1. The highest BCUT2D eigenvalue weighted by atomic mass is 15.2. The first kappa shape index (κ1) is 39.0. The lowest BCUT2D eigenvalue weighted by Gasteiger charge is -2.27. The van der Waals surface area contributed by atoms with Crippen LogP contribution in [0.4, 0.5) is 17.2 Å². The maximum absolute atomic E-state index is 5.61. The Kier molecular flexibility index (Phi) is 9.91. The lowest BCUT2D eigenvalue weighted by Crippen LogP contribution is -2.16. The van der Waals surface area contributed by atoms with Crippen LogP contribution in [-0.2, 0) is 23.7 Å². The van der Waals surface area contributed by atoms with Gasteiger partial charge in [-0.25, -0.2) is 9.97 Å². The standard InChI is InChI=1S/C56H54N4/c1-9-36-24-25-49-46(27-36)47-28-37(10-2)29-48(54(47)59-49)51-34-41(40-30-42(55(3,4)5)35-43(31-40)56(6,7)8)33-50(58-51)39-19-15-20-44(32-39)60(53-23-13-14-26-57-53)52-22-16-18-38-17-11-12-21-45(38)52/h11-35,59H,9-10H2,1-8H3. The third kappa shape index (κ3) is 7.36. The molecule has 0 fully saturated rings. The van der Waals surface area contributed by atoms with Crippen molar-refractivity contribution in [1.29, 1.82) is 0 Å². The minimum absolute atomic E-state index is 0.0249. The van der Waals surface area contributed by atoms with Crippen molar-refractivity contribution in [3.8, 4) is 33.6 Å². The first-order valence-corrected chi connectivity index (χ1v) is 21.4. The number of hydrogen-bond acceptors (Lipinski definition) is 3. The van der Waals surface area contributed by atoms with E-state index in [1.807, 2.05) is 12.3 Å². The largest absolute Gasteiger partial charge is 0.354 e. The molecule has 0 aliphatic rings. The van der Waals surface area contributed by atoms with E-state index in [9.17, 15) is 0 Å². The molecule has 0 unspecified atom stereocenters. The molecule has 60 heavy (non-hydrogen) atoms. The Bertz CT molecular complexity index is 2990. The number of H-pyrrole nitrogens is 1. The molecule has 0 bridgehead atoms. The summed E-state index contributed by atoms with van der Waals surface area (Å²) in [5.74, 6) is 0.853. The molecule has 0 aliphatic heterocycles. The molecular weight excluding hydrogens is 729 g/mol. The number of anilines is 3. The summed E-state index contributed by atoms with van der Waals surface area (Å²) in [6, 6.07) is 53.3. The minimum atomic E-state index is -0.0249. The van der Waals surface area contributed by atoms with Gasteiger partial charge in [-0.2, -0.15) is 0 Å². The molecule has 6 aromatic carbocycles. The van der Waals surface area contributed by atoms with Gasteiger partial charge in [0, 0.05) is 44.7 Å². The second-order valence-corrected chi connectivity index (χ2v) is 18.3. The average Bonchev–Trinajstić information content (AvgIpc) is 3.63. The van der Waals surface area contributed by atoms with E-state index < -0.39 is 0 Å². The van der Waals surface area contributed by atoms with Gasteiger partial charge in [0.1, 0.15) is 5.82 Å². The fourth-order valence-corrected chi connectivity index (χ4v) is 8.46. The maximum atomic E-state index is 5.61. The summed E-state index contributed by atoms with van der Waals surface area (Å²) < 4.78 is 0. The van der Waals surface area contributed by atoms with Crippen molar-refractivity contribution in [2.75, 3.05) is 4.90 Å². The molecule has 0 saturated heterocycles. The van der Waals surface area contributed by atoms with Crippen molar-refractivity contribution < 1.29 is 0 Å². The normalized spacial score (nSPS) is 12.1. The van der Waals surface area contributed by atoms with Crippen molar-refractivity contribution in [2.24, 2.45) is 0 Å². The summed E-state index contributed by atoms with van der Waals surface area (Å²) in [6.45, 7) is 18.3. The van der Waals surface area contributed by atoms with Crippen LogP contribution < -0.4 is 4.90 Å². The van der Waals surface area contributed by atoms with E-state index in [1.54, 1.807) is 0 Å². The topological polar surface area (TPSA) is 44.8 Å². The van der Waals surface area contributed by atoms with Gasteiger partial charge in [-0.1, -0.05) is 134 Å². The molecule has 3 aromatic heterocycles. The van der Waals surface area contributed by atoms with Gasteiger partial charge in [0.15, 0.2) is 0 Å². The van der Waals surface area contributed by atoms with Crippen LogP contribution in [0.5, 0.6) is 0 Å². The lowest BCUT2D eigenvalue weighted by atomic mass is 9.79. The number of hydrogen-bond donors (Lipinski definition) is 1. The van der Waals surface area contributed by atoms with Gasteiger partial charge >= 0.3 is 0 Å². The smallest absolute Gasteiger partial charge is 0.137 e. The summed E-state index contributed by atoms with van der Waals surface area (Å²) in [4.78, 5) is 16.6. The van der Waals surface area contributed by atoms with Gasteiger partial charge in [0.25, 0.3) is 0 Å². The molecular formula is C56H54N4. The number of pyridine rings is 2. The van der Waals surface area contributed by atoms with Crippen molar-refractivity contribution in [2.45, 2.75) is 79.1 Å². The Morgan fingerprint density at radius 2 is 1.22 bits per heavy atom. The van der Waals surface area contributed by atoms with E-state index in [2.05, 4.69) is 205 Å². The van der Waals surface area contributed by atoms with Crippen LogP contribution in [0.2, 0.25) is 0 Å². The molecule has 0 amide bonds. The number of aryl methyl sites for hydroxylation is 2. The molecule has 0 spiro atoms. The zero-order valence-corrected chi connectivity index (χ0v) is 36.2. The van der Waals surface area contributed by atoms with Crippen molar-refractivity contribution in [3.63, 3.8) is 0 Å². The molecule has 9 aromatic rings. The average molecular weight is 783 g/mol. The van der Waals surface area contributed by atoms with E-state index in [-0.39, 0.29) is 10.8 Å². The van der Waals surface area contributed by atoms with Gasteiger partial charge in [0.2, 0.25) is 0 Å². The number of rotatable bonds is 8. The highest BCUT2D eigenvalue weighted by Crippen LogP contribution is 2.42. The van der Waals surface area contributed by atoms with Gasteiger partial charge in [-0.3, -0.25) is 4.90 Å². The molecule has 0 atom stereocenters. The fourth-order valence-electron chi connectivity index (χ4n) is 8.46.